The largest absolute Gasteiger partial charge is 0.357 e. The summed E-state index contributed by atoms with van der Waals surface area (Å²) in [5, 5.41) is 0.818. The molecule has 2 saturated heterocycles. The van der Waals surface area contributed by atoms with Gasteiger partial charge in [0.15, 0.2) is 0 Å². The first-order valence-electron chi connectivity index (χ1n) is 10.0. The van der Waals surface area contributed by atoms with E-state index < -0.39 is 0 Å². The third-order valence-corrected chi connectivity index (χ3v) is 6.27. The van der Waals surface area contributed by atoms with Crippen LogP contribution in [-0.2, 0) is 6.42 Å². The van der Waals surface area contributed by atoms with Gasteiger partial charge in [-0.3, -0.25) is 4.90 Å². The molecule has 0 aliphatic carbocycles. The number of rotatable bonds is 4. The molecule has 2 fully saturated rings. The zero-order valence-electron chi connectivity index (χ0n) is 16.1. The second-order valence-corrected chi connectivity index (χ2v) is 8.33. The molecule has 2 aromatic rings. The maximum atomic E-state index is 6.06. The van der Waals surface area contributed by atoms with Gasteiger partial charge in [-0.2, -0.15) is 0 Å². The number of halogens is 1. The van der Waals surface area contributed by atoms with Crippen LogP contribution in [0.4, 0.5) is 5.82 Å². The van der Waals surface area contributed by atoms with Gasteiger partial charge >= 0.3 is 0 Å². The Balaban J connectivity index is 1.40. The number of piperidine rings is 1. The molecule has 4 rings (SSSR count). The predicted molar refractivity (Wildman–Crippen MR) is 113 cm³/mol. The van der Waals surface area contributed by atoms with Crippen LogP contribution >= 0.6 is 11.6 Å². The third-order valence-electron chi connectivity index (χ3n) is 6.02. The average molecular weight is 385 g/mol. The van der Waals surface area contributed by atoms with Crippen LogP contribution in [0.5, 0.6) is 0 Å². The minimum Gasteiger partial charge on any atom is -0.357 e. The molecule has 5 heteroatoms. The van der Waals surface area contributed by atoms with E-state index in [4.69, 9.17) is 11.6 Å². The molecule has 1 atom stereocenters. The van der Waals surface area contributed by atoms with Gasteiger partial charge in [-0.05, 0) is 56.1 Å². The van der Waals surface area contributed by atoms with E-state index in [2.05, 4.69) is 51.0 Å². The predicted octanol–water partition coefficient (Wildman–Crippen LogP) is 3.56. The van der Waals surface area contributed by atoms with Crippen molar-refractivity contribution in [1.82, 2.24) is 14.8 Å². The topological polar surface area (TPSA) is 22.6 Å². The lowest BCUT2D eigenvalue weighted by atomic mass is 9.96. The fraction of sp³-hybridized carbons (Fsp3) is 0.500. The maximum Gasteiger partial charge on any atom is 0.128 e. The summed E-state index contributed by atoms with van der Waals surface area (Å²) in [6.07, 6.45) is 5.43. The fourth-order valence-electron chi connectivity index (χ4n) is 4.55. The van der Waals surface area contributed by atoms with Crippen LogP contribution in [0.3, 0.4) is 0 Å². The maximum absolute atomic E-state index is 6.06. The van der Waals surface area contributed by atoms with Crippen molar-refractivity contribution < 1.29 is 0 Å². The first kappa shape index (κ1) is 18.7. The van der Waals surface area contributed by atoms with E-state index in [0.717, 1.165) is 43.4 Å². The van der Waals surface area contributed by atoms with E-state index in [9.17, 15) is 0 Å². The Morgan fingerprint density at radius 1 is 1.00 bits per heavy atom. The van der Waals surface area contributed by atoms with Gasteiger partial charge < -0.3 is 9.80 Å². The Bertz CT molecular complexity index is 713. The minimum atomic E-state index is 0.580. The van der Waals surface area contributed by atoms with Crippen LogP contribution in [0.2, 0.25) is 5.02 Å². The number of likely N-dealkylation sites (N-methyl/N-ethyl adjacent to an activating group) is 1. The van der Waals surface area contributed by atoms with E-state index in [0.29, 0.717) is 12.1 Å². The van der Waals surface area contributed by atoms with Gasteiger partial charge in [-0.1, -0.05) is 29.8 Å². The highest BCUT2D eigenvalue weighted by molar-refractivity contribution is 6.30. The summed E-state index contributed by atoms with van der Waals surface area (Å²) in [5.74, 6) is 1.12. The summed E-state index contributed by atoms with van der Waals surface area (Å²) < 4.78 is 0. The number of piperazine rings is 1. The molecule has 3 heterocycles. The second kappa shape index (κ2) is 8.59. The van der Waals surface area contributed by atoms with Crippen molar-refractivity contribution in [3.05, 3.63) is 59.2 Å². The SMILES string of the molecule is CN1CCN(C2CCN(c3ccccn3)CC2)C(Cc2ccc(Cl)cc2)C1. The van der Waals surface area contributed by atoms with Gasteiger partial charge in [0.25, 0.3) is 0 Å². The standard InChI is InChI=1S/C22H29ClN4/c1-25-14-15-27(21(17-25)16-18-5-7-19(23)8-6-18)20-9-12-26(13-10-20)22-4-2-3-11-24-22/h2-8,11,20-21H,9-10,12-17H2,1H3. The highest BCUT2D eigenvalue weighted by Crippen LogP contribution is 2.25. The van der Waals surface area contributed by atoms with Gasteiger partial charge in [0.2, 0.25) is 0 Å². The Morgan fingerprint density at radius 2 is 1.78 bits per heavy atom. The molecule has 1 unspecified atom stereocenters. The van der Waals surface area contributed by atoms with Crippen LogP contribution in [0, 0.1) is 0 Å². The number of hydrogen-bond acceptors (Lipinski definition) is 4. The molecule has 2 aliphatic rings. The first-order valence-corrected chi connectivity index (χ1v) is 10.4. The van der Waals surface area contributed by atoms with Gasteiger partial charge in [-0.15, -0.1) is 0 Å². The van der Waals surface area contributed by atoms with Gasteiger partial charge in [0.1, 0.15) is 5.82 Å². The fourth-order valence-corrected chi connectivity index (χ4v) is 4.67. The minimum absolute atomic E-state index is 0.580. The molecule has 1 aromatic heterocycles. The average Bonchev–Trinajstić information content (AvgIpc) is 2.71. The zero-order chi connectivity index (χ0) is 18.6. The third kappa shape index (κ3) is 4.63. The van der Waals surface area contributed by atoms with E-state index >= 15 is 0 Å². The summed E-state index contributed by atoms with van der Waals surface area (Å²) in [6, 6.07) is 15.8. The molecular formula is C22H29ClN4. The van der Waals surface area contributed by atoms with Gasteiger partial charge in [0.05, 0.1) is 0 Å². The van der Waals surface area contributed by atoms with Crippen molar-refractivity contribution in [3.63, 3.8) is 0 Å². The van der Waals surface area contributed by atoms with Crippen molar-refractivity contribution in [3.8, 4) is 0 Å². The van der Waals surface area contributed by atoms with Crippen LogP contribution < -0.4 is 4.90 Å². The number of anilines is 1. The lowest BCUT2D eigenvalue weighted by Gasteiger charge is -2.47. The van der Waals surface area contributed by atoms with Crippen molar-refractivity contribution in [2.45, 2.75) is 31.3 Å². The Hall–Kier alpha value is -1.62. The van der Waals surface area contributed by atoms with Gasteiger partial charge in [0, 0.05) is 56.0 Å². The zero-order valence-corrected chi connectivity index (χ0v) is 16.9. The van der Waals surface area contributed by atoms with Crippen LogP contribution in [0.25, 0.3) is 0 Å². The molecule has 0 N–H and O–H groups in total. The summed E-state index contributed by atoms with van der Waals surface area (Å²) >= 11 is 6.06. The lowest BCUT2D eigenvalue weighted by molar-refractivity contribution is 0.0424. The number of pyridine rings is 1. The quantitative estimate of drug-likeness (QED) is 0.803. The molecule has 0 amide bonds. The van der Waals surface area contributed by atoms with E-state index in [1.54, 1.807) is 0 Å². The van der Waals surface area contributed by atoms with E-state index in [1.165, 1.54) is 24.9 Å². The molecular weight excluding hydrogens is 356 g/mol. The molecule has 144 valence electrons. The number of hydrogen-bond donors (Lipinski definition) is 0. The monoisotopic (exact) mass is 384 g/mol. The summed E-state index contributed by atoms with van der Waals surface area (Å²) in [7, 11) is 2.25. The molecule has 0 bridgehead atoms. The Labute approximate surface area is 167 Å². The molecule has 0 saturated carbocycles. The Morgan fingerprint density at radius 3 is 2.48 bits per heavy atom. The van der Waals surface area contributed by atoms with Crippen molar-refractivity contribution in [2.24, 2.45) is 0 Å². The second-order valence-electron chi connectivity index (χ2n) is 7.89. The lowest BCUT2D eigenvalue weighted by Crippen LogP contribution is -2.58. The number of nitrogens with zero attached hydrogens (tertiary/aromatic N) is 4. The number of aromatic nitrogens is 1. The van der Waals surface area contributed by atoms with Gasteiger partial charge in [-0.25, -0.2) is 4.98 Å². The van der Waals surface area contributed by atoms with E-state index in [1.807, 2.05) is 24.4 Å². The van der Waals surface area contributed by atoms with Crippen LogP contribution in [0.1, 0.15) is 18.4 Å². The molecule has 1 aromatic carbocycles. The summed E-state index contributed by atoms with van der Waals surface area (Å²) in [6.45, 7) is 5.67. The van der Waals surface area contributed by atoms with Crippen LogP contribution in [0.15, 0.2) is 48.7 Å². The molecule has 2 aliphatic heterocycles. The van der Waals surface area contributed by atoms with Crippen LogP contribution in [-0.4, -0.2) is 66.6 Å². The molecule has 27 heavy (non-hydrogen) atoms. The molecule has 0 radical (unpaired) electrons. The van der Waals surface area contributed by atoms with Crippen molar-refractivity contribution in [2.75, 3.05) is 44.7 Å². The van der Waals surface area contributed by atoms with Crippen molar-refractivity contribution >= 4 is 17.4 Å². The highest BCUT2D eigenvalue weighted by Gasteiger charge is 2.33. The normalized spacial score (nSPS) is 22.9. The molecule has 4 nitrogen and oxygen atoms in total. The number of benzene rings is 1. The van der Waals surface area contributed by atoms with E-state index in [-0.39, 0.29) is 0 Å². The molecule has 0 spiro atoms. The van der Waals surface area contributed by atoms with Crippen molar-refractivity contribution in [1.29, 1.82) is 0 Å². The Kier molecular flexibility index (Phi) is 5.96. The first-order chi connectivity index (χ1) is 13.2. The smallest absolute Gasteiger partial charge is 0.128 e. The summed E-state index contributed by atoms with van der Waals surface area (Å²) in [5.41, 5.74) is 1.38. The summed E-state index contributed by atoms with van der Waals surface area (Å²) in [4.78, 5) is 12.2. The highest BCUT2D eigenvalue weighted by atomic mass is 35.5.